The van der Waals surface area contributed by atoms with Crippen LogP contribution in [0.4, 0.5) is 0 Å². The van der Waals surface area contributed by atoms with E-state index in [1.165, 1.54) is 7.05 Å². The molecular weight excluding hydrogens is 336 g/mol. The summed E-state index contributed by atoms with van der Waals surface area (Å²) in [5.41, 5.74) is 0.255. The van der Waals surface area contributed by atoms with Crippen molar-refractivity contribution in [3.8, 4) is 0 Å². The molecular formula is C12H10BrClN2O3. The van der Waals surface area contributed by atoms with Gasteiger partial charge >= 0.3 is 0 Å². The zero-order chi connectivity index (χ0) is 14.2. The lowest BCUT2D eigenvalue weighted by Gasteiger charge is -2.12. The topological polar surface area (TPSA) is 66.5 Å². The predicted molar refractivity (Wildman–Crippen MR) is 72.8 cm³/mol. The number of nitrogens with one attached hydrogen (secondary N) is 1. The molecule has 5 nitrogen and oxygen atoms in total. The fourth-order valence-corrected chi connectivity index (χ4v) is 2.34. The van der Waals surface area contributed by atoms with Crippen LogP contribution in [0.5, 0.6) is 0 Å². The SMILES string of the molecule is CN1C(=O)CC(NC(=O)c2cc(Br)ccc2Cl)C1=O. The second kappa shape index (κ2) is 5.30. The first-order valence-electron chi connectivity index (χ1n) is 5.46. The van der Waals surface area contributed by atoms with Crippen molar-refractivity contribution in [1.82, 2.24) is 10.2 Å². The number of benzene rings is 1. The molecule has 1 saturated heterocycles. The number of likely N-dealkylation sites (tertiary alicyclic amines) is 1. The molecule has 0 aromatic heterocycles. The number of amides is 3. The molecule has 1 aliphatic heterocycles. The number of rotatable bonds is 2. The zero-order valence-corrected chi connectivity index (χ0v) is 12.3. The Labute approximate surface area is 123 Å². The van der Waals surface area contributed by atoms with Crippen molar-refractivity contribution in [2.75, 3.05) is 7.05 Å². The lowest BCUT2D eigenvalue weighted by Crippen LogP contribution is -2.40. The maximum Gasteiger partial charge on any atom is 0.253 e. The Morgan fingerprint density at radius 2 is 2.16 bits per heavy atom. The van der Waals surface area contributed by atoms with E-state index in [0.29, 0.717) is 4.47 Å². The van der Waals surface area contributed by atoms with Crippen LogP contribution < -0.4 is 5.32 Å². The first-order chi connectivity index (χ1) is 8.90. The van der Waals surface area contributed by atoms with E-state index in [1.54, 1.807) is 18.2 Å². The van der Waals surface area contributed by atoms with Crippen molar-refractivity contribution in [2.24, 2.45) is 0 Å². The number of carbonyl (C=O) groups is 3. The highest BCUT2D eigenvalue weighted by molar-refractivity contribution is 9.10. The first kappa shape index (κ1) is 14.0. The van der Waals surface area contributed by atoms with Crippen molar-refractivity contribution < 1.29 is 14.4 Å². The van der Waals surface area contributed by atoms with Crippen molar-refractivity contribution in [3.05, 3.63) is 33.3 Å². The molecule has 0 aliphatic carbocycles. The summed E-state index contributed by atoms with van der Waals surface area (Å²) in [6, 6.07) is 4.02. The summed E-state index contributed by atoms with van der Waals surface area (Å²) in [6.07, 6.45) is -0.0211. The van der Waals surface area contributed by atoms with Gasteiger partial charge in [-0.1, -0.05) is 27.5 Å². The molecule has 2 rings (SSSR count). The summed E-state index contributed by atoms with van der Waals surface area (Å²) in [6.45, 7) is 0. The monoisotopic (exact) mass is 344 g/mol. The van der Waals surface area contributed by atoms with Gasteiger partial charge in [-0.05, 0) is 18.2 Å². The van der Waals surface area contributed by atoms with Crippen LogP contribution in [0.2, 0.25) is 5.02 Å². The van der Waals surface area contributed by atoms with Crippen LogP contribution in [0.1, 0.15) is 16.8 Å². The minimum Gasteiger partial charge on any atom is -0.340 e. The van der Waals surface area contributed by atoms with Gasteiger partial charge in [0, 0.05) is 11.5 Å². The maximum atomic E-state index is 12.0. The van der Waals surface area contributed by atoms with Crippen LogP contribution in [-0.4, -0.2) is 35.7 Å². The van der Waals surface area contributed by atoms with Crippen molar-refractivity contribution in [2.45, 2.75) is 12.5 Å². The molecule has 1 fully saturated rings. The quantitative estimate of drug-likeness (QED) is 0.828. The molecule has 0 radical (unpaired) electrons. The second-order valence-electron chi connectivity index (χ2n) is 4.15. The Morgan fingerprint density at radius 1 is 1.47 bits per heavy atom. The van der Waals surface area contributed by atoms with Gasteiger partial charge in [-0.15, -0.1) is 0 Å². The number of hydrogen-bond acceptors (Lipinski definition) is 3. The van der Waals surface area contributed by atoms with Crippen LogP contribution >= 0.6 is 27.5 Å². The van der Waals surface area contributed by atoms with Gasteiger partial charge in [0.1, 0.15) is 6.04 Å². The average molecular weight is 346 g/mol. The summed E-state index contributed by atoms with van der Waals surface area (Å²) < 4.78 is 0.702. The Kier molecular flexibility index (Phi) is 3.91. The number of imide groups is 1. The van der Waals surface area contributed by atoms with E-state index >= 15 is 0 Å². The summed E-state index contributed by atoms with van der Waals surface area (Å²) >= 11 is 9.17. The standard InChI is InChI=1S/C12H10BrClN2O3/c1-16-10(17)5-9(12(16)19)15-11(18)7-4-6(13)2-3-8(7)14/h2-4,9H,5H2,1H3,(H,15,18). The maximum absolute atomic E-state index is 12.0. The van der Waals surface area contributed by atoms with Gasteiger partial charge in [0.25, 0.3) is 11.8 Å². The number of carbonyl (C=O) groups excluding carboxylic acids is 3. The van der Waals surface area contributed by atoms with Crippen molar-refractivity contribution in [3.63, 3.8) is 0 Å². The lowest BCUT2D eigenvalue weighted by atomic mass is 10.2. The number of halogens is 2. The van der Waals surface area contributed by atoms with Gasteiger partial charge in [-0.2, -0.15) is 0 Å². The van der Waals surface area contributed by atoms with Crippen LogP contribution in [-0.2, 0) is 9.59 Å². The van der Waals surface area contributed by atoms with Gasteiger partial charge in [-0.25, -0.2) is 0 Å². The lowest BCUT2D eigenvalue weighted by molar-refractivity contribution is -0.137. The second-order valence-corrected chi connectivity index (χ2v) is 5.47. The van der Waals surface area contributed by atoms with Crippen LogP contribution in [0.25, 0.3) is 0 Å². The van der Waals surface area contributed by atoms with E-state index in [0.717, 1.165) is 4.90 Å². The van der Waals surface area contributed by atoms with E-state index in [1.807, 2.05) is 0 Å². The number of nitrogens with zero attached hydrogens (tertiary/aromatic N) is 1. The minimum absolute atomic E-state index is 0.0211. The molecule has 1 N–H and O–H groups in total. The molecule has 1 unspecified atom stereocenters. The fraction of sp³-hybridized carbons (Fsp3) is 0.250. The highest BCUT2D eigenvalue weighted by atomic mass is 79.9. The van der Waals surface area contributed by atoms with E-state index in [2.05, 4.69) is 21.2 Å². The number of likely N-dealkylation sites (N-methyl/N-ethyl adjacent to an activating group) is 1. The fourth-order valence-electron chi connectivity index (χ4n) is 1.78. The van der Waals surface area contributed by atoms with Gasteiger partial charge in [0.2, 0.25) is 5.91 Å². The minimum atomic E-state index is -0.819. The third kappa shape index (κ3) is 2.79. The molecule has 100 valence electrons. The molecule has 1 aromatic rings. The van der Waals surface area contributed by atoms with E-state index < -0.39 is 17.9 Å². The van der Waals surface area contributed by atoms with Gasteiger partial charge < -0.3 is 5.32 Å². The molecule has 0 saturated carbocycles. The first-order valence-corrected chi connectivity index (χ1v) is 6.63. The van der Waals surface area contributed by atoms with E-state index in [4.69, 9.17) is 11.6 Å². The van der Waals surface area contributed by atoms with Crippen LogP contribution in [0.15, 0.2) is 22.7 Å². The molecule has 0 spiro atoms. The Morgan fingerprint density at radius 3 is 2.74 bits per heavy atom. The van der Waals surface area contributed by atoms with Gasteiger partial charge in [0.05, 0.1) is 17.0 Å². The van der Waals surface area contributed by atoms with Crippen LogP contribution in [0, 0.1) is 0 Å². The van der Waals surface area contributed by atoms with Crippen molar-refractivity contribution in [1.29, 1.82) is 0 Å². The molecule has 1 aromatic carbocycles. The largest absolute Gasteiger partial charge is 0.340 e. The summed E-state index contributed by atoms with van der Waals surface area (Å²) in [5.74, 6) is -1.20. The summed E-state index contributed by atoms with van der Waals surface area (Å²) in [4.78, 5) is 36.1. The molecule has 1 heterocycles. The van der Waals surface area contributed by atoms with Gasteiger partial charge in [-0.3, -0.25) is 19.3 Å². The van der Waals surface area contributed by atoms with Crippen molar-refractivity contribution >= 4 is 45.3 Å². The van der Waals surface area contributed by atoms with Crippen LogP contribution in [0.3, 0.4) is 0 Å². The molecule has 1 atom stereocenters. The molecule has 7 heteroatoms. The summed E-state index contributed by atoms with van der Waals surface area (Å²) in [5, 5.41) is 2.80. The highest BCUT2D eigenvalue weighted by Gasteiger charge is 2.37. The summed E-state index contributed by atoms with van der Waals surface area (Å²) in [7, 11) is 1.39. The highest BCUT2D eigenvalue weighted by Crippen LogP contribution is 2.21. The number of hydrogen-bond donors (Lipinski definition) is 1. The zero-order valence-electron chi connectivity index (χ0n) is 9.94. The van der Waals surface area contributed by atoms with E-state index in [-0.39, 0.29) is 22.9 Å². The Balaban J connectivity index is 2.16. The smallest absolute Gasteiger partial charge is 0.253 e. The van der Waals surface area contributed by atoms with E-state index in [9.17, 15) is 14.4 Å². The molecule has 1 aliphatic rings. The molecule has 0 bridgehead atoms. The van der Waals surface area contributed by atoms with Gasteiger partial charge in [0.15, 0.2) is 0 Å². The Hall–Kier alpha value is -1.40. The third-order valence-corrected chi connectivity index (χ3v) is 3.68. The predicted octanol–water partition coefficient (Wildman–Crippen LogP) is 1.59. The normalized spacial score (nSPS) is 18.9. The average Bonchev–Trinajstić information content (AvgIpc) is 2.60. The molecule has 3 amide bonds. The Bertz CT molecular complexity index is 576. The molecule has 19 heavy (non-hydrogen) atoms. The third-order valence-electron chi connectivity index (χ3n) is 2.86.